The lowest BCUT2D eigenvalue weighted by atomic mass is 9.90. The number of fused-ring (bicyclic) bond motifs is 1. The topological polar surface area (TPSA) is 104 Å². The number of pyridine rings is 1. The third kappa shape index (κ3) is 12.2. The first-order chi connectivity index (χ1) is 17.0. The number of carbonyl (C=O) groups is 2. The van der Waals surface area contributed by atoms with Crippen LogP contribution in [0.1, 0.15) is 84.4 Å². The van der Waals surface area contributed by atoms with Crippen molar-refractivity contribution < 1.29 is 19.4 Å². The Hall–Kier alpha value is -2.19. The number of aryl methyl sites for hydroxylation is 2. The van der Waals surface area contributed by atoms with Crippen LogP contribution in [0.2, 0.25) is 0 Å². The summed E-state index contributed by atoms with van der Waals surface area (Å²) in [6.45, 7) is 14.0. The molecule has 3 N–H and O–H groups in total. The summed E-state index contributed by atoms with van der Waals surface area (Å²) in [6.07, 6.45) is 6.77. The molecule has 0 saturated heterocycles. The lowest BCUT2D eigenvalue weighted by molar-refractivity contribution is -0.142. The monoisotopic (exact) mass is 504 g/mol. The van der Waals surface area contributed by atoms with Gasteiger partial charge in [0.25, 0.3) is 0 Å². The summed E-state index contributed by atoms with van der Waals surface area (Å²) in [5, 5.41) is 15.8. The van der Waals surface area contributed by atoms with Crippen molar-refractivity contribution in [1.29, 1.82) is 0 Å². The zero-order chi connectivity index (χ0) is 26.6. The predicted octanol–water partition coefficient (Wildman–Crippen LogP) is 4.28. The van der Waals surface area contributed by atoms with Crippen LogP contribution in [0, 0.1) is 5.41 Å². The van der Waals surface area contributed by atoms with Gasteiger partial charge in [0, 0.05) is 31.7 Å². The molecule has 1 amide bonds. The summed E-state index contributed by atoms with van der Waals surface area (Å²) in [4.78, 5) is 31.2. The number of unbranched alkanes of at least 4 members (excludes halogenated alkanes) is 1. The van der Waals surface area contributed by atoms with Crippen LogP contribution >= 0.6 is 0 Å². The van der Waals surface area contributed by atoms with Crippen molar-refractivity contribution in [2.24, 2.45) is 5.41 Å². The molecule has 0 radical (unpaired) electrons. The minimum Gasteiger partial charge on any atom is -0.480 e. The van der Waals surface area contributed by atoms with Crippen LogP contribution in [0.25, 0.3) is 0 Å². The molecule has 0 fully saturated rings. The number of carboxylic acid groups (broad SMARTS) is 1. The Morgan fingerprint density at radius 1 is 1.19 bits per heavy atom. The van der Waals surface area contributed by atoms with Gasteiger partial charge in [0.2, 0.25) is 5.91 Å². The largest absolute Gasteiger partial charge is 0.480 e. The molecule has 0 spiro atoms. The number of carboxylic acids is 1. The summed E-state index contributed by atoms with van der Waals surface area (Å²) in [7, 11) is 0. The number of nitrogens with one attached hydrogen (secondary N) is 2. The molecule has 2 rings (SSSR count). The second kappa shape index (κ2) is 15.2. The van der Waals surface area contributed by atoms with Gasteiger partial charge in [-0.05, 0) is 82.4 Å². The second-order valence-electron chi connectivity index (χ2n) is 11.4. The third-order valence-electron chi connectivity index (χ3n) is 6.44. The fourth-order valence-electron chi connectivity index (χ4n) is 4.23. The van der Waals surface area contributed by atoms with E-state index in [0.29, 0.717) is 26.0 Å². The minimum absolute atomic E-state index is 0.0361. The number of aliphatic carboxylic acids is 1. The van der Waals surface area contributed by atoms with Crippen molar-refractivity contribution in [3.8, 4) is 0 Å². The summed E-state index contributed by atoms with van der Waals surface area (Å²) >= 11 is 0. The minimum atomic E-state index is -0.982. The Bertz CT molecular complexity index is 822. The van der Waals surface area contributed by atoms with E-state index in [9.17, 15) is 14.7 Å². The van der Waals surface area contributed by atoms with Crippen LogP contribution in [0.3, 0.4) is 0 Å². The molecule has 8 heteroatoms. The first kappa shape index (κ1) is 30.0. The SMILES string of the molecule is CC(C)OCCN(CCCCc1ccc2c(n1)NCCC2)CCC(NC(=O)CCC(C)(C)C)C(=O)O. The first-order valence-corrected chi connectivity index (χ1v) is 13.6. The highest BCUT2D eigenvalue weighted by Crippen LogP contribution is 2.21. The summed E-state index contributed by atoms with van der Waals surface area (Å²) in [5.41, 5.74) is 2.45. The van der Waals surface area contributed by atoms with E-state index in [2.05, 4.69) is 48.4 Å². The van der Waals surface area contributed by atoms with Gasteiger partial charge in [-0.25, -0.2) is 9.78 Å². The average Bonchev–Trinajstić information content (AvgIpc) is 2.81. The van der Waals surface area contributed by atoms with Gasteiger partial charge in [0.1, 0.15) is 11.9 Å². The van der Waals surface area contributed by atoms with Gasteiger partial charge in [0.15, 0.2) is 0 Å². The average molecular weight is 505 g/mol. The zero-order valence-electron chi connectivity index (χ0n) is 23.1. The Labute approximate surface area is 217 Å². The smallest absolute Gasteiger partial charge is 0.326 e. The molecule has 0 aliphatic carbocycles. The van der Waals surface area contributed by atoms with Crippen LogP contribution in [0.4, 0.5) is 5.82 Å². The van der Waals surface area contributed by atoms with Crippen LogP contribution in [0.15, 0.2) is 12.1 Å². The number of aromatic nitrogens is 1. The molecule has 1 aromatic heterocycles. The van der Waals surface area contributed by atoms with Crippen LogP contribution in [0.5, 0.6) is 0 Å². The molecule has 2 heterocycles. The van der Waals surface area contributed by atoms with E-state index < -0.39 is 12.0 Å². The maximum atomic E-state index is 12.3. The molecular formula is C28H48N4O4. The van der Waals surface area contributed by atoms with Gasteiger partial charge >= 0.3 is 5.97 Å². The molecule has 0 aromatic carbocycles. The number of ether oxygens (including phenoxy) is 1. The Morgan fingerprint density at radius 3 is 2.67 bits per heavy atom. The fourth-order valence-corrected chi connectivity index (χ4v) is 4.23. The van der Waals surface area contributed by atoms with Crippen molar-refractivity contribution in [1.82, 2.24) is 15.2 Å². The van der Waals surface area contributed by atoms with Gasteiger partial charge in [-0.1, -0.05) is 26.8 Å². The highest BCUT2D eigenvalue weighted by Gasteiger charge is 2.22. The summed E-state index contributed by atoms with van der Waals surface area (Å²) < 4.78 is 5.74. The molecule has 1 atom stereocenters. The number of hydrogen-bond acceptors (Lipinski definition) is 6. The van der Waals surface area contributed by atoms with Gasteiger partial charge < -0.3 is 25.4 Å². The molecular weight excluding hydrogens is 456 g/mol. The molecule has 8 nitrogen and oxygen atoms in total. The van der Waals surface area contributed by atoms with E-state index >= 15 is 0 Å². The summed E-state index contributed by atoms with van der Waals surface area (Å²) in [5.74, 6) is -0.140. The zero-order valence-corrected chi connectivity index (χ0v) is 23.1. The normalized spacial score (nSPS) is 14.4. The van der Waals surface area contributed by atoms with Gasteiger partial charge in [0.05, 0.1) is 12.7 Å². The number of hydrogen-bond donors (Lipinski definition) is 3. The first-order valence-electron chi connectivity index (χ1n) is 13.6. The summed E-state index contributed by atoms with van der Waals surface area (Å²) in [6, 6.07) is 3.46. The van der Waals surface area contributed by atoms with Crippen LogP contribution in [-0.2, 0) is 27.2 Å². The number of rotatable bonds is 16. The van der Waals surface area contributed by atoms with Crippen LogP contribution in [-0.4, -0.2) is 71.8 Å². The lowest BCUT2D eigenvalue weighted by Gasteiger charge is -2.25. The maximum Gasteiger partial charge on any atom is 0.326 e. The Balaban J connectivity index is 1.83. The Morgan fingerprint density at radius 2 is 1.97 bits per heavy atom. The lowest BCUT2D eigenvalue weighted by Crippen LogP contribution is -2.43. The fraction of sp³-hybridized carbons (Fsp3) is 0.750. The molecule has 1 aliphatic heterocycles. The maximum absolute atomic E-state index is 12.3. The highest BCUT2D eigenvalue weighted by molar-refractivity contribution is 5.83. The standard InChI is InChI=1S/C28H48N4O4/c1-21(2)36-20-19-32(18-14-24(27(34)35)31-25(33)13-15-28(3,4)5)17-7-6-10-23-12-11-22-9-8-16-29-26(22)30-23/h11-12,21,24H,6-10,13-20H2,1-5H3,(H,29,30)(H,31,33)(H,34,35). The number of anilines is 1. The van der Waals surface area contributed by atoms with E-state index in [1.807, 2.05) is 13.8 Å². The van der Waals surface area contributed by atoms with Crippen molar-refractivity contribution in [3.63, 3.8) is 0 Å². The van der Waals surface area contributed by atoms with Gasteiger partial charge in [-0.3, -0.25) is 4.79 Å². The molecule has 204 valence electrons. The highest BCUT2D eigenvalue weighted by atomic mass is 16.5. The predicted molar refractivity (Wildman–Crippen MR) is 144 cm³/mol. The van der Waals surface area contributed by atoms with Crippen molar-refractivity contribution in [3.05, 3.63) is 23.4 Å². The van der Waals surface area contributed by atoms with E-state index in [1.54, 1.807) is 0 Å². The molecule has 0 saturated carbocycles. The molecule has 0 bridgehead atoms. The molecule has 1 unspecified atom stereocenters. The molecule has 1 aromatic rings. The number of amides is 1. The number of carbonyl (C=O) groups excluding carboxylic acids is 1. The van der Waals surface area contributed by atoms with Gasteiger partial charge in [-0.15, -0.1) is 0 Å². The van der Waals surface area contributed by atoms with Crippen molar-refractivity contribution >= 4 is 17.7 Å². The van der Waals surface area contributed by atoms with E-state index in [-0.39, 0.29) is 17.4 Å². The van der Waals surface area contributed by atoms with Crippen molar-refractivity contribution in [2.75, 3.05) is 38.1 Å². The molecule has 36 heavy (non-hydrogen) atoms. The van der Waals surface area contributed by atoms with E-state index in [0.717, 1.165) is 69.7 Å². The van der Waals surface area contributed by atoms with Crippen molar-refractivity contribution in [2.45, 2.75) is 98.1 Å². The molecule has 1 aliphatic rings. The second-order valence-corrected chi connectivity index (χ2v) is 11.4. The van der Waals surface area contributed by atoms with E-state index in [1.165, 1.54) is 5.56 Å². The Kier molecular flexibility index (Phi) is 12.6. The van der Waals surface area contributed by atoms with E-state index in [4.69, 9.17) is 9.72 Å². The van der Waals surface area contributed by atoms with Gasteiger partial charge in [-0.2, -0.15) is 0 Å². The third-order valence-corrected chi connectivity index (χ3v) is 6.44. The quantitative estimate of drug-likeness (QED) is 0.289. The van der Waals surface area contributed by atoms with Crippen LogP contribution < -0.4 is 10.6 Å². The number of nitrogens with zero attached hydrogens (tertiary/aromatic N) is 2.